The fourth-order valence-electron chi connectivity index (χ4n) is 4.38. The number of halogens is 4. The average Bonchev–Trinajstić information content (AvgIpc) is 3.54. The maximum absolute atomic E-state index is 15.3. The summed E-state index contributed by atoms with van der Waals surface area (Å²) in [5.41, 5.74) is 0.445. The lowest BCUT2D eigenvalue weighted by Crippen LogP contribution is -2.23. The second-order valence-corrected chi connectivity index (χ2v) is 9.74. The van der Waals surface area contributed by atoms with Crippen LogP contribution in [0.1, 0.15) is 30.9 Å². The molecule has 1 aliphatic carbocycles. The van der Waals surface area contributed by atoms with Crippen LogP contribution in [0.3, 0.4) is 0 Å². The second-order valence-electron chi connectivity index (χ2n) is 8.55. The highest BCUT2D eigenvalue weighted by atomic mass is 35.5. The van der Waals surface area contributed by atoms with Gasteiger partial charge in [-0.15, -0.1) is 0 Å². The van der Waals surface area contributed by atoms with Gasteiger partial charge in [-0.2, -0.15) is 0 Å². The summed E-state index contributed by atoms with van der Waals surface area (Å²) in [6.07, 6.45) is 3.68. The SMILES string of the molecule is O=C(O)Oc1cn(C2CC2)c2c(Cl)c(N3CCC(N=Cc4c(Cl)cccc4Cl)C3)c(F)cc2c1=O. The van der Waals surface area contributed by atoms with Crippen molar-refractivity contribution >= 4 is 63.8 Å². The number of nitrogens with zero attached hydrogens (tertiary/aromatic N) is 3. The third kappa shape index (κ3) is 4.58. The number of aliphatic imine (C=N–C) groups is 1. The molecule has 1 aromatic heterocycles. The number of rotatable bonds is 5. The summed E-state index contributed by atoms with van der Waals surface area (Å²) in [6.45, 7) is 0.920. The Labute approximate surface area is 214 Å². The van der Waals surface area contributed by atoms with Gasteiger partial charge in [0.25, 0.3) is 0 Å². The van der Waals surface area contributed by atoms with Crippen LogP contribution >= 0.6 is 34.8 Å². The molecule has 11 heteroatoms. The predicted octanol–water partition coefficient (Wildman–Crippen LogP) is 6.19. The standard InChI is InChI=1S/C24H19Cl3FN3O4/c25-16-2-1-3-17(26)15(16)9-29-12-6-7-30(10-12)22-18(28)8-14-21(20(22)27)31(13-4-5-13)11-19(23(14)32)35-24(33)34/h1-3,8-9,11-13H,4-7,10H2,(H,33,34). The van der Waals surface area contributed by atoms with E-state index in [0.29, 0.717) is 40.6 Å². The topological polar surface area (TPSA) is 84.1 Å². The van der Waals surface area contributed by atoms with Gasteiger partial charge in [0, 0.05) is 30.9 Å². The lowest BCUT2D eigenvalue weighted by Gasteiger charge is -2.23. The van der Waals surface area contributed by atoms with Crippen LogP contribution in [0.15, 0.2) is 40.2 Å². The molecule has 2 fully saturated rings. The summed E-state index contributed by atoms with van der Waals surface area (Å²) in [7, 11) is 0. The molecule has 1 atom stereocenters. The van der Waals surface area contributed by atoms with Gasteiger partial charge >= 0.3 is 6.16 Å². The Morgan fingerprint density at radius 3 is 2.57 bits per heavy atom. The first-order valence-electron chi connectivity index (χ1n) is 10.9. The van der Waals surface area contributed by atoms with Crippen LogP contribution in [0, 0.1) is 5.82 Å². The fraction of sp³-hybridized carbons (Fsp3) is 0.292. The number of ether oxygens (including phenoxy) is 1. The first-order valence-corrected chi connectivity index (χ1v) is 12.1. The molecule has 0 amide bonds. The van der Waals surface area contributed by atoms with Crippen molar-refractivity contribution in [2.45, 2.75) is 31.3 Å². The summed E-state index contributed by atoms with van der Waals surface area (Å²) in [6, 6.07) is 6.21. The van der Waals surface area contributed by atoms with Crippen LogP contribution in [0.2, 0.25) is 15.1 Å². The molecule has 2 heterocycles. The molecule has 0 radical (unpaired) electrons. The highest BCUT2D eigenvalue weighted by molar-refractivity contribution is 6.39. The van der Waals surface area contributed by atoms with Crippen LogP contribution < -0.4 is 15.1 Å². The van der Waals surface area contributed by atoms with Gasteiger partial charge in [-0.25, -0.2) is 9.18 Å². The van der Waals surface area contributed by atoms with Crippen molar-refractivity contribution in [3.8, 4) is 5.75 Å². The number of carbonyl (C=O) groups is 1. The van der Waals surface area contributed by atoms with Crippen molar-refractivity contribution in [3.63, 3.8) is 0 Å². The van der Waals surface area contributed by atoms with E-state index in [1.54, 1.807) is 33.9 Å². The number of hydrogen-bond donors (Lipinski definition) is 1. The lowest BCUT2D eigenvalue weighted by atomic mass is 10.1. The number of fused-ring (bicyclic) bond motifs is 1. The summed E-state index contributed by atoms with van der Waals surface area (Å²) in [5.74, 6) is -1.05. The molecule has 1 N–H and O–H groups in total. The molecule has 2 aliphatic rings. The summed E-state index contributed by atoms with van der Waals surface area (Å²) in [4.78, 5) is 30.3. The molecule has 5 rings (SSSR count). The largest absolute Gasteiger partial charge is 0.511 e. The van der Waals surface area contributed by atoms with Gasteiger partial charge in [0.05, 0.1) is 43.9 Å². The highest BCUT2D eigenvalue weighted by Crippen LogP contribution is 2.43. The van der Waals surface area contributed by atoms with E-state index in [0.717, 1.165) is 18.9 Å². The molecule has 1 saturated heterocycles. The van der Waals surface area contributed by atoms with Gasteiger partial charge < -0.3 is 19.3 Å². The molecule has 35 heavy (non-hydrogen) atoms. The van der Waals surface area contributed by atoms with E-state index >= 15 is 4.39 Å². The Kier molecular flexibility index (Phi) is 6.38. The van der Waals surface area contributed by atoms with Crippen molar-refractivity contribution in [2.24, 2.45) is 4.99 Å². The van der Waals surface area contributed by atoms with E-state index in [1.807, 2.05) is 0 Å². The Morgan fingerprint density at radius 2 is 1.91 bits per heavy atom. The maximum Gasteiger partial charge on any atom is 0.511 e. The molecule has 0 bridgehead atoms. The van der Waals surface area contributed by atoms with Gasteiger partial charge in [0.1, 0.15) is 5.82 Å². The van der Waals surface area contributed by atoms with Gasteiger partial charge in [-0.05, 0) is 37.5 Å². The normalized spacial score (nSPS) is 18.1. The van der Waals surface area contributed by atoms with Crippen molar-refractivity contribution in [1.82, 2.24) is 4.57 Å². The number of benzene rings is 2. The van der Waals surface area contributed by atoms with Crippen LogP contribution in [-0.4, -0.2) is 41.2 Å². The number of hydrogen-bond acceptors (Lipinski definition) is 5. The van der Waals surface area contributed by atoms with E-state index < -0.39 is 17.4 Å². The molecule has 0 spiro atoms. The molecule has 3 aromatic rings. The average molecular weight is 539 g/mol. The Bertz CT molecular complexity index is 1420. The van der Waals surface area contributed by atoms with Gasteiger partial charge in [-0.1, -0.05) is 40.9 Å². The smallest absolute Gasteiger partial charge is 0.449 e. The zero-order valence-electron chi connectivity index (χ0n) is 18.2. The zero-order chi connectivity index (χ0) is 24.9. The fourth-order valence-corrected chi connectivity index (χ4v) is 5.29. The molecule has 182 valence electrons. The predicted molar refractivity (Wildman–Crippen MR) is 135 cm³/mol. The van der Waals surface area contributed by atoms with E-state index in [9.17, 15) is 9.59 Å². The van der Waals surface area contributed by atoms with E-state index in [1.165, 1.54) is 6.20 Å². The van der Waals surface area contributed by atoms with Crippen LogP contribution in [0.25, 0.3) is 10.9 Å². The minimum absolute atomic E-state index is 0.0240. The Balaban J connectivity index is 1.51. The highest BCUT2D eigenvalue weighted by Gasteiger charge is 2.32. The number of aromatic nitrogens is 1. The monoisotopic (exact) mass is 537 g/mol. The third-order valence-corrected chi connectivity index (χ3v) is 7.20. The summed E-state index contributed by atoms with van der Waals surface area (Å²) < 4.78 is 21.7. The number of carboxylic acid groups (broad SMARTS) is 1. The molecule has 7 nitrogen and oxygen atoms in total. The molecule has 2 aromatic carbocycles. The molecule has 1 aliphatic heterocycles. The third-order valence-electron chi connectivity index (χ3n) is 6.18. The van der Waals surface area contributed by atoms with Crippen LogP contribution in [-0.2, 0) is 0 Å². The second kappa shape index (κ2) is 9.33. The zero-order valence-corrected chi connectivity index (χ0v) is 20.4. The van der Waals surface area contributed by atoms with E-state index in [2.05, 4.69) is 9.73 Å². The number of anilines is 1. The Hall–Kier alpha value is -2.81. The lowest BCUT2D eigenvalue weighted by molar-refractivity contribution is 0.143. The summed E-state index contributed by atoms with van der Waals surface area (Å²) in [5, 5.41) is 10.0. The minimum atomic E-state index is -1.62. The van der Waals surface area contributed by atoms with Crippen LogP contribution in [0.5, 0.6) is 5.75 Å². The Morgan fingerprint density at radius 1 is 1.20 bits per heavy atom. The van der Waals surface area contributed by atoms with Crippen molar-refractivity contribution in [3.05, 3.63) is 67.1 Å². The minimum Gasteiger partial charge on any atom is -0.449 e. The molecular formula is C24H19Cl3FN3O4. The van der Waals surface area contributed by atoms with E-state index in [4.69, 9.17) is 39.9 Å². The quantitative estimate of drug-likeness (QED) is 0.309. The first-order chi connectivity index (χ1) is 16.7. The van der Waals surface area contributed by atoms with E-state index in [-0.39, 0.29) is 33.9 Å². The van der Waals surface area contributed by atoms with Crippen molar-refractivity contribution in [1.29, 1.82) is 0 Å². The molecule has 1 saturated carbocycles. The number of pyridine rings is 1. The first kappa shape index (κ1) is 23.9. The van der Waals surface area contributed by atoms with Gasteiger partial charge in [0.15, 0.2) is 5.75 Å². The summed E-state index contributed by atoms with van der Waals surface area (Å²) >= 11 is 19.1. The van der Waals surface area contributed by atoms with Crippen molar-refractivity contribution < 1.29 is 19.0 Å². The van der Waals surface area contributed by atoms with Crippen molar-refractivity contribution in [2.75, 3.05) is 18.0 Å². The van der Waals surface area contributed by atoms with Gasteiger partial charge in [0.2, 0.25) is 5.43 Å². The van der Waals surface area contributed by atoms with Gasteiger partial charge in [-0.3, -0.25) is 9.79 Å². The maximum atomic E-state index is 15.3. The molecule has 1 unspecified atom stereocenters. The van der Waals surface area contributed by atoms with Crippen LogP contribution in [0.4, 0.5) is 14.9 Å². The molecular weight excluding hydrogens is 520 g/mol.